The van der Waals surface area contributed by atoms with E-state index in [4.69, 9.17) is 21.1 Å². The summed E-state index contributed by atoms with van der Waals surface area (Å²) in [4.78, 5) is 7.92. The Morgan fingerprint density at radius 3 is 3.07 bits per heavy atom. The predicted molar refractivity (Wildman–Crippen MR) is 126 cm³/mol. The van der Waals surface area contributed by atoms with Crippen LogP contribution in [0.25, 0.3) is 10.9 Å². The molecular formula is C20H30ClIN4O2. The van der Waals surface area contributed by atoms with Crippen molar-refractivity contribution in [3.63, 3.8) is 0 Å². The number of guanidine groups is 1. The lowest BCUT2D eigenvalue weighted by Gasteiger charge is -2.12. The van der Waals surface area contributed by atoms with Crippen LogP contribution >= 0.6 is 35.6 Å². The van der Waals surface area contributed by atoms with E-state index in [9.17, 15) is 0 Å². The average molecular weight is 521 g/mol. The van der Waals surface area contributed by atoms with Crippen molar-refractivity contribution in [2.24, 2.45) is 4.99 Å². The van der Waals surface area contributed by atoms with Gasteiger partial charge in [0.2, 0.25) is 0 Å². The average Bonchev–Trinajstić information content (AvgIpc) is 3.31. The molecule has 156 valence electrons. The maximum atomic E-state index is 6.12. The molecule has 0 aliphatic carbocycles. The first-order valence-electron chi connectivity index (χ1n) is 9.73. The number of benzene rings is 1. The Kier molecular flexibility index (Phi) is 10.4. The van der Waals surface area contributed by atoms with Crippen LogP contribution in [0, 0.1) is 0 Å². The van der Waals surface area contributed by atoms with Crippen LogP contribution < -0.4 is 10.6 Å². The van der Waals surface area contributed by atoms with E-state index in [1.807, 2.05) is 18.2 Å². The van der Waals surface area contributed by atoms with Gasteiger partial charge in [0.25, 0.3) is 0 Å². The van der Waals surface area contributed by atoms with E-state index in [1.165, 1.54) is 10.9 Å². The highest BCUT2D eigenvalue weighted by Gasteiger charge is 2.15. The Labute approximate surface area is 188 Å². The van der Waals surface area contributed by atoms with Gasteiger partial charge in [0.15, 0.2) is 5.96 Å². The third-order valence-electron chi connectivity index (χ3n) is 4.57. The minimum atomic E-state index is 0. The Morgan fingerprint density at radius 1 is 1.39 bits per heavy atom. The quantitative estimate of drug-likeness (QED) is 0.204. The Morgan fingerprint density at radius 2 is 2.29 bits per heavy atom. The normalized spacial score (nSPS) is 16.9. The molecule has 1 fully saturated rings. The van der Waals surface area contributed by atoms with E-state index >= 15 is 0 Å². The monoisotopic (exact) mass is 520 g/mol. The molecule has 1 atom stereocenters. The van der Waals surface area contributed by atoms with Crippen LogP contribution in [0.15, 0.2) is 29.4 Å². The molecule has 0 saturated carbocycles. The number of aromatic nitrogens is 1. The van der Waals surface area contributed by atoms with Crippen molar-refractivity contribution in [3.8, 4) is 0 Å². The van der Waals surface area contributed by atoms with Gasteiger partial charge in [0.1, 0.15) is 0 Å². The maximum absolute atomic E-state index is 6.12. The lowest BCUT2D eigenvalue weighted by Crippen LogP contribution is -2.38. The fourth-order valence-corrected chi connectivity index (χ4v) is 3.34. The molecule has 1 unspecified atom stereocenters. The van der Waals surface area contributed by atoms with E-state index in [2.05, 4.69) is 33.7 Å². The van der Waals surface area contributed by atoms with Crippen molar-refractivity contribution in [3.05, 3.63) is 35.0 Å². The van der Waals surface area contributed by atoms with E-state index in [0.29, 0.717) is 0 Å². The van der Waals surface area contributed by atoms with Crippen molar-refractivity contribution in [2.75, 3.05) is 39.5 Å². The first-order valence-corrected chi connectivity index (χ1v) is 10.1. The molecule has 3 rings (SSSR count). The summed E-state index contributed by atoms with van der Waals surface area (Å²) in [5, 5.41) is 8.63. The summed E-state index contributed by atoms with van der Waals surface area (Å²) in [5.74, 6) is 0.847. The predicted octanol–water partition coefficient (Wildman–Crippen LogP) is 3.73. The van der Waals surface area contributed by atoms with Crippen LogP contribution in [0.5, 0.6) is 0 Å². The fraction of sp³-hybridized carbons (Fsp3) is 0.550. The summed E-state index contributed by atoms with van der Waals surface area (Å²) in [6.45, 7) is 6.73. The van der Waals surface area contributed by atoms with Crippen LogP contribution in [-0.4, -0.2) is 56.5 Å². The minimum absolute atomic E-state index is 0. The second-order valence-corrected chi connectivity index (χ2v) is 7.09. The number of hydrogen-bond acceptors (Lipinski definition) is 3. The molecule has 0 radical (unpaired) electrons. The van der Waals surface area contributed by atoms with Gasteiger partial charge in [0, 0.05) is 55.0 Å². The zero-order valence-electron chi connectivity index (χ0n) is 16.3. The number of aliphatic imine (C=N–C) groups is 1. The largest absolute Gasteiger partial charge is 0.379 e. The van der Waals surface area contributed by atoms with Gasteiger partial charge in [-0.25, -0.2) is 0 Å². The molecule has 2 heterocycles. The van der Waals surface area contributed by atoms with Crippen LogP contribution in [0.2, 0.25) is 5.02 Å². The highest BCUT2D eigenvalue weighted by molar-refractivity contribution is 14.0. The summed E-state index contributed by atoms with van der Waals surface area (Å²) < 4.78 is 11.1. The number of fused-ring (bicyclic) bond motifs is 1. The highest BCUT2D eigenvalue weighted by Crippen LogP contribution is 2.22. The summed E-state index contributed by atoms with van der Waals surface area (Å²) in [5.41, 5.74) is 2.37. The molecule has 1 saturated heterocycles. The molecule has 0 amide bonds. The van der Waals surface area contributed by atoms with Gasteiger partial charge in [0.05, 0.1) is 12.7 Å². The SMILES string of the molecule is CCNC(=NCCCOC1CCOC1)NCCc1c[nH]c2ccc(Cl)cc12.I. The molecule has 8 heteroatoms. The van der Waals surface area contributed by atoms with Gasteiger partial charge in [-0.3, -0.25) is 4.99 Å². The third-order valence-corrected chi connectivity index (χ3v) is 4.81. The van der Waals surface area contributed by atoms with Crippen molar-refractivity contribution in [1.29, 1.82) is 0 Å². The number of hydrogen-bond donors (Lipinski definition) is 3. The lowest BCUT2D eigenvalue weighted by molar-refractivity contribution is 0.0424. The minimum Gasteiger partial charge on any atom is -0.379 e. The van der Waals surface area contributed by atoms with E-state index in [1.54, 1.807) is 0 Å². The van der Waals surface area contributed by atoms with Gasteiger partial charge < -0.3 is 25.1 Å². The molecule has 6 nitrogen and oxygen atoms in total. The summed E-state index contributed by atoms with van der Waals surface area (Å²) >= 11 is 6.12. The molecule has 2 aromatic rings. The lowest BCUT2D eigenvalue weighted by atomic mass is 10.1. The summed E-state index contributed by atoms with van der Waals surface area (Å²) in [7, 11) is 0. The van der Waals surface area contributed by atoms with Crippen molar-refractivity contribution in [1.82, 2.24) is 15.6 Å². The van der Waals surface area contributed by atoms with E-state index in [-0.39, 0.29) is 30.1 Å². The zero-order chi connectivity index (χ0) is 18.9. The van der Waals surface area contributed by atoms with Gasteiger partial charge in [-0.2, -0.15) is 0 Å². The number of nitrogens with zero attached hydrogens (tertiary/aromatic N) is 1. The van der Waals surface area contributed by atoms with Crippen molar-refractivity contribution >= 4 is 52.4 Å². The summed E-state index contributed by atoms with van der Waals surface area (Å²) in [6.07, 6.45) is 5.14. The molecular weight excluding hydrogens is 491 g/mol. The molecule has 28 heavy (non-hydrogen) atoms. The fourth-order valence-electron chi connectivity index (χ4n) is 3.16. The van der Waals surface area contributed by atoms with Crippen molar-refractivity contribution in [2.45, 2.75) is 32.3 Å². The number of halogens is 2. The van der Waals surface area contributed by atoms with Gasteiger partial charge in [-0.05, 0) is 49.9 Å². The topological polar surface area (TPSA) is 70.7 Å². The molecule has 1 aliphatic heterocycles. The number of H-pyrrole nitrogens is 1. The maximum Gasteiger partial charge on any atom is 0.191 e. The Bertz CT molecular complexity index is 747. The van der Waals surface area contributed by atoms with E-state index in [0.717, 1.165) is 75.2 Å². The number of aromatic amines is 1. The first kappa shape index (κ1) is 23.3. The first-order chi connectivity index (χ1) is 13.3. The van der Waals surface area contributed by atoms with Crippen LogP contribution in [0.3, 0.4) is 0 Å². The third kappa shape index (κ3) is 7.09. The van der Waals surface area contributed by atoms with Gasteiger partial charge in [-0.15, -0.1) is 24.0 Å². The van der Waals surface area contributed by atoms with Crippen LogP contribution in [0.1, 0.15) is 25.3 Å². The van der Waals surface area contributed by atoms with E-state index < -0.39 is 0 Å². The molecule has 0 bridgehead atoms. The molecule has 1 aromatic heterocycles. The molecule has 0 spiro atoms. The van der Waals surface area contributed by atoms with Gasteiger partial charge in [-0.1, -0.05) is 11.6 Å². The second-order valence-electron chi connectivity index (χ2n) is 6.65. The number of rotatable bonds is 9. The standard InChI is InChI=1S/C20H29ClN4O2.HI/c1-2-22-20(23-8-3-10-27-17-7-11-26-14-17)24-9-6-15-13-25-19-5-4-16(21)12-18(15)19;/h4-5,12-13,17,25H,2-3,6-11,14H2,1H3,(H2,22,23,24);1H. The van der Waals surface area contributed by atoms with Crippen LogP contribution in [-0.2, 0) is 15.9 Å². The highest BCUT2D eigenvalue weighted by atomic mass is 127. The van der Waals surface area contributed by atoms with Crippen molar-refractivity contribution < 1.29 is 9.47 Å². The Hall–Kier alpha value is -1.03. The Balaban J connectivity index is 0.00000280. The number of ether oxygens (including phenoxy) is 2. The van der Waals surface area contributed by atoms with Gasteiger partial charge >= 0.3 is 0 Å². The summed E-state index contributed by atoms with van der Waals surface area (Å²) in [6, 6.07) is 5.93. The molecule has 3 N–H and O–H groups in total. The second kappa shape index (κ2) is 12.5. The molecule has 1 aliphatic rings. The number of nitrogens with one attached hydrogen (secondary N) is 3. The smallest absolute Gasteiger partial charge is 0.191 e. The zero-order valence-corrected chi connectivity index (χ0v) is 19.4. The molecule has 1 aromatic carbocycles. The van der Waals surface area contributed by atoms with Crippen LogP contribution in [0.4, 0.5) is 0 Å².